The number of benzene rings is 1. The van der Waals surface area contributed by atoms with Gasteiger partial charge >= 0.3 is 5.97 Å². The molecule has 0 saturated heterocycles. The van der Waals surface area contributed by atoms with Gasteiger partial charge in [-0.2, -0.15) is 0 Å². The van der Waals surface area contributed by atoms with E-state index in [1.807, 2.05) is 20.8 Å². The standard InChI is InChI=1S/C13H19NO4S/c1-4-13(3,5-2)14-19(17,18)11-8-6-10(7-9-11)12(15)16/h6-9,14H,4-5H2,1-3H3,(H,15,16). The molecule has 106 valence electrons. The van der Waals surface area contributed by atoms with Gasteiger partial charge in [-0.1, -0.05) is 13.8 Å². The Labute approximate surface area is 113 Å². The quantitative estimate of drug-likeness (QED) is 0.839. The van der Waals surface area contributed by atoms with Crippen LogP contribution in [-0.2, 0) is 10.0 Å². The number of carboxylic acid groups (broad SMARTS) is 1. The molecule has 0 fully saturated rings. The van der Waals surface area contributed by atoms with Crippen molar-refractivity contribution in [3.05, 3.63) is 29.8 Å². The zero-order chi connectivity index (χ0) is 14.7. The predicted octanol–water partition coefficient (Wildman–Crippen LogP) is 2.24. The third kappa shape index (κ3) is 3.78. The molecule has 0 aliphatic rings. The van der Waals surface area contributed by atoms with Gasteiger partial charge in [-0.15, -0.1) is 0 Å². The number of aromatic carboxylic acids is 1. The third-order valence-electron chi connectivity index (χ3n) is 3.35. The summed E-state index contributed by atoms with van der Waals surface area (Å²) in [6.45, 7) is 5.68. The summed E-state index contributed by atoms with van der Waals surface area (Å²) < 4.78 is 27.0. The van der Waals surface area contributed by atoms with E-state index >= 15 is 0 Å². The minimum Gasteiger partial charge on any atom is -0.478 e. The van der Waals surface area contributed by atoms with Crippen LogP contribution < -0.4 is 4.72 Å². The van der Waals surface area contributed by atoms with Crippen LogP contribution in [0, 0.1) is 0 Å². The number of nitrogens with one attached hydrogen (secondary N) is 1. The lowest BCUT2D eigenvalue weighted by Gasteiger charge is -2.27. The fraction of sp³-hybridized carbons (Fsp3) is 0.462. The SMILES string of the molecule is CCC(C)(CC)NS(=O)(=O)c1ccc(C(=O)O)cc1. The second-order valence-corrected chi connectivity index (χ2v) is 6.39. The van der Waals surface area contributed by atoms with Gasteiger partial charge in [-0.3, -0.25) is 0 Å². The highest BCUT2D eigenvalue weighted by atomic mass is 32.2. The maximum absolute atomic E-state index is 12.2. The minimum atomic E-state index is -3.63. The number of carboxylic acids is 1. The molecule has 0 spiro atoms. The molecule has 0 radical (unpaired) electrons. The van der Waals surface area contributed by atoms with Crippen molar-refractivity contribution in [3.8, 4) is 0 Å². The highest BCUT2D eigenvalue weighted by molar-refractivity contribution is 7.89. The van der Waals surface area contributed by atoms with Gasteiger partial charge in [0, 0.05) is 5.54 Å². The van der Waals surface area contributed by atoms with Gasteiger partial charge in [0.25, 0.3) is 0 Å². The zero-order valence-corrected chi connectivity index (χ0v) is 12.1. The molecule has 1 rings (SSSR count). The van der Waals surface area contributed by atoms with E-state index in [1.165, 1.54) is 24.3 Å². The van der Waals surface area contributed by atoms with Gasteiger partial charge in [0.1, 0.15) is 0 Å². The van der Waals surface area contributed by atoms with E-state index in [9.17, 15) is 13.2 Å². The largest absolute Gasteiger partial charge is 0.478 e. The summed E-state index contributed by atoms with van der Waals surface area (Å²) in [5.74, 6) is -1.08. The molecule has 0 saturated carbocycles. The van der Waals surface area contributed by atoms with Crippen LogP contribution in [0.2, 0.25) is 0 Å². The zero-order valence-electron chi connectivity index (χ0n) is 11.3. The summed E-state index contributed by atoms with van der Waals surface area (Å²) in [7, 11) is -3.63. The highest BCUT2D eigenvalue weighted by Gasteiger charge is 2.27. The number of rotatable bonds is 6. The molecule has 1 aromatic rings. The maximum Gasteiger partial charge on any atom is 0.335 e. The first kappa shape index (κ1) is 15.7. The molecule has 2 N–H and O–H groups in total. The van der Waals surface area contributed by atoms with E-state index in [-0.39, 0.29) is 10.5 Å². The summed E-state index contributed by atoms with van der Waals surface area (Å²) >= 11 is 0. The molecule has 0 aromatic heterocycles. The summed E-state index contributed by atoms with van der Waals surface area (Å²) in [5.41, 5.74) is -0.433. The Balaban J connectivity index is 3.04. The molecule has 5 nitrogen and oxygen atoms in total. The average Bonchev–Trinajstić information content (AvgIpc) is 2.38. The van der Waals surface area contributed by atoms with Crippen molar-refractivity contribution in [2.24, 2.45) is 0 Å². The second-order valence-electron chi connectivity index (χ2n) is 4.70. The Bertz CT molecular complexity index is 545. The van der Waals surface area contributed by atoms with Gasteiger partial charge in [-0.25, -0.2) is 17.9 Å². The van der Waals surface area contributed by atoms with Gasteiger partial charge < -0.3 is 5.11 Å². The molecule has 0 bridgehead atoms. The smallest absolute Gasteiger partial charge is 0.335 e. The molecule has 1 aromatic carbocycles. The summed E-state index contributed by atoms with van der Waals surface area (Å²) in [6, 6.07) is 5.17. The summed E-state index contributed by atoms with van der Waals surface area (Å²) in [4.78, 5) is 10.8. The van der Waals surface area contributed by atoms with E-state index in [1.54, 1.807) is 0 Å². The van der Waals surface area contributed by atoms with Gasteiger partial charge in [-0.05, 0) is 44.0 Å². The molecular weight excluding hydrogens is 266 g/mol. The molecule has 0 amide bonds. The highest BCUT2D eigenvalue weighted by Crippen LogP contribution is 2.19. The van der Waals surface area contributed by atoms with Crippen molar-refractivity contribution < 1.29 is 18.3 Å². The lowest BCUT2D eigenvalue weighted by Crippen LogP contribution is -2.44. The van der Waals surface area contributed by atoms with E-state index in [2.05, 4.69) is 4.72 Å². The molecular formula is C13H19NO4S. The van der Waals surface area contributed by atoms with Crippen LogP contribution in [-0.4, -0.2) is 25.0 Å². The van der Waals surface area contributed by atoms with E-state index in [4.69, 9.17) is 5.11 Å². The molecule has 0 aliphatic carbocycles. The molecule has 0 heterocycles. The normalized spacial score (nSPS) is 12.4. The van der Waals surface area contributed by atoms with Crippen molar-refractivity contribution in [3.63, 3.8) is 0 Å². The Morgan fingerprint density at radius 1 is 1.21 bits per heavy atom. The fourth-order valence-corrected chi connectivity index (χ4v) is 3.10. The molecule has 6 heteroatoms. The molecule has 0 atom stereocenters. The van der Waals surface area contributed by atoms with Crippen LogP contribution in [0.15, 0.2) is 29.2 Å². The first-order valence-electron chi connectivity index (χ1n) is 6.11. The maximum atomic E-state index is 12.2. The van der Waals surface area contributed by atoms with Crippen molar-refractivity contribution in [2.75, 3.05) is 0 Å². The molecule has 19 heavy (non-hydrogen) atoms. The third-order valence-corrected chi connectivity index (χ3v) is 5.01. The van der Waals surface area contributed by atoms with Gasteiger partial charge in [0.05, 0.1) is 10.5 Å². The number of hydrogen-bond donors (Lipinski definition) is 2. The Hall–Kier alpha value is -1.40. The molecule has 0 unspecified atom stereocenters. The van der Waals surface area contributed by atoms with E-state index < -0.39 is 21.5 Å². The van der Waals surface area contributed by atoms with E-state index in [0.717, 1.165) is 0 Å². The molecule has 0 aliphatic heterocycles. The number of hydrogen-bond acceptors (Lipinski definition) is 3. The first-order chi connectivity index (χ1) is 8.74. The number of sulfonamides is 1. The summed E-state index contributed by atoms with van der Waals surface area (Å²) in [6.07, 6.45) is 1.35. The lowest BCUT2D eigenvalue weighted by molar-refractivity contribution is 0.0696. The number of carbonyl (C=O) groups is 1. The summed E-state index contributed by atoms with van der Waals surface area (Å²) in [5, 5.41) is 8.78. The lowest BCUT2D eigenvalue weighted by atomic mass is 9.98. The van der Waals surface area contributed by atoms with Crippen LogP contribution >= 0.6 is 0 Å². The minimum absolute atomic E-state index is 0.0627. The first-order valence-corrected chi connectivity index (χ1v) is 7.60. The Morgan fingerprint density at radius 3 is 2.05 bits per heavy atom. The van der Waals surface area contributed by atoms with Crippen molar-refractivity contribution in [1.29, 1.82) is 0 Å². The van der Waals surface area contributed by atoms with Crippen LogP contribution in [0.25, 0.3) is 0 Å². The van der Waals surface area contributed by atoms with Crippen LogP contribution in [0.5, 0.6) is 0 Å². The predicted molar refractivity (Wildman–Crippen MR) is 72.7 cm³/mol. The van der Waals surface area contributed by atoms with Crippen molar-refractivity contribution >= 4 is 16.0 Å². The fourth-order valence-electron chi connectivity index (χ4n) is 1.55. The van der Waals surface area contributed by atoms with E-state index in [0.29, 0.717) is 12.8 Å². The second kappa shape index (κ2) is 5.71. The topological polar surface area (TPSA) is 83.5 Å². The van der Waals surface area contributed by atoms with Crippen molar-refractivity contribution in [1.82, 2.24) is 4.72 Å². The Morgan fingerprint density at radius 2 is 1.68 bits per heavy atom. The van der Waals surface area contributed by atoms with Crippen LogP contribution in [0.3, 0.4) is 0 Å². The Kier molecular flexibility index (Phi) is 4.70. The van der Waals surface area contributed by atoms with Gasteiger partial charge in [0.15, 0.2) is 0 Å². The average molecular weight is 285 g/mol. The van der Waals surface area contributed by atoms with Crippen LogP contribution in [0.1, 0.15) is 44.0 Å². The monoisotopic (exact) mass is 285 g/mol. The van der Waals surface area contributed by atoms with Gasteiger partial charge in [0.2, 0.25) is 10.0 Å². The van der Waals surface area contributed by atoms with Crippen molar-refractivity contribution in [2.45, 2.75) is 44.0 Å². The van der Waals surface area contributed by atoms with Crippen LogP contribution in [0.4, 0.5) is 0 Å².